The van der Waals surface area contributed by atoms with Crippen molar-refractivity contribution in [3.63, 3.8) is 0 Å². The predicted molar refractivity (Wildman–Crippen MR) is 74.2 cm³/mol. The van der Waals surface area contributed by atoms with E-state index in [-0.39, 0.29) is 0 Å². The van der Waals surface area contributed by atoms with Gasteiger partial charge >= 0.3 is 0 Å². The van der Waals surface area contributed by atoms with Gasteiger partial charge in [0.2, 0.25) is 5.95 Å². The molecule has 5 heteroatoms. The Bertz CT molecular complexity index is 575. The first-order valence-corrected chi connectivity index (χ1v) is 6.66. The quantitative estimate of drug-likeness (QED) is 0.808. The molecule has 102 valence electrons. The summed E-state index contributed by atoms with van der Waals surface area (Å²) in [6, 6.07) is 5.84. The van der Waals surface area contributed by atoms with Crippen LogP contribution in [-0.2, 0) is 11.3 Å². The molecule has 5 nitrogen and oxygen atoms in total. The van der Waals surface area contributed by atoms with E-state index in [0.29, 0.717) is 12.6 Å². The maximum absolute atomic E-state index is 5.97. The molecule has 0 amide bonds. The van der Waals surface area contributed by atoms with Crippen LogP contribution in [0.25, 0.3) is 11.0 Å². The molecule has 0 spiro atoms. The van der Waals surface area contributed by atoms with E-state index in [0.717, 1.165) is 35.9 Å². The van der Waals surface area contributed by atoms with E-state index in [1.165, 1.54) is 12.8 Å². The van der Waals surface area contributed by atoms with Crippen LogP contribution >= 0.6 is 0 Å². The van der Waals surface area contributed by atoms with E-state index >= 15 is 0 Å². The van der Waals surface area contributed by atoms with E-state index in [9.17, 15) is 0 Å². The number of fused-ring (bicyclic) bond motifs is 1. The van der Waals surface area contributed by atoms with Crippen LogP contribution in [0.1, 0.15) is 12.8 Å². The highest BCUT2D eigenvalue weighted by Crippen LogP contribution is 2.29. The van der Waals surface area contributed by atoms with Gasteiger partial charge in [-0.1, -0.05) is 6.07 Å². The summed E-state index contributed by atoms with van der Waals surface area (Å²) in [7, 11) is 1.64. The molecular weight excluding hydrogens is 242 g/mol. The van der Waals surface area contributed by atoms with E-state index < -0.39 is 0 Å². The molecule has 0 aliphatic heterocycles. The van der Waals surface area contributed by atoms with Gasteiger partial charge in [0.1, 0.15) is 11.3 Å². The maximum Gasteiger partial charge on any atom is 0.201 e. The van der Waals surface area contributed by atoms with Crippen molar-refractivity contribution in [3.8, 4) is 5.75 Å². The second-order valence-electron chi connectivity index (χ2n) is 4.97. The number of nitrogen functional groups attached to an aromatic ring is 1. The highest BCUT2D eigenvalue weighted by Gasteiger charge is 2.21. The van der Waals surface area contributed by atoms with Gasteiger partial charge in [0.25, 0.3) is 0 Å². The third-order valence-corrected chi connectivity index (χ3v) is 3.50. The molecule has 1 aromatic carbocycles. The van der Waals surface area contributed by atoms with E-state index in [2.05, 4.69) is 4.98 Å². The number of hydrogen-bond donors (Lipinski definition) is 1. The highest BCUT2D eigenvalue weighted by atomic mass is 16.5. The van der Waals surface area contributed by atoms with Crippen molar-refractivity contribution in [2.45, 2.75) is 19.4 Å². The normalized spacial score (nSPS) is 15.0. The summed E-state index contributed by atoms with van der Waals surface area (Å²) < 4.78 is 12.9. The van der Waals surface area contributed by atoms with Crippen LogP contribution < -0.4 is 10.5 Å². The molecular formula is C14H19N3O2. The van der Waals surface area contributed by atoms with Crippen molar-refractivity contribution < 1.29 is 9.47 Å². The first-order chi connectivity index (χ1) is 9.29. The summed E-state index contributed by atoms with van der Waals surface area (Å²) in [6.07, 6.45) is 2.63. The summed E-state index contributed by atoms with van der Waals surface area (Å²) in [4.78, 5) is 4.37. The van der Waals surface area contributed by atoms with Gasteiger partial charge in [0, 0.05) is 13.2 Å². The number of nitrogens with two attached hydrogens (primary N) is 1. The third-order valence-electron chi connectivity index (χ3n) is 3.50. The van der Waals surface area contributed by atoms with Gasteiger partial charge < -0.3 is 19.8 Å². The summed E-state index contributed by atoms with van der Waals surface area (Å²) >= 11 is 0. The van der Waals surface area contributed by atoms with Gasteiger partial charge in [-0.2, -0.15) is 0 Å². The Morgan fingerprint density at radius 3 is 3.00 bits per heavy atom. The van der Waals surface area contributed by atoms with Crippen LogP contribution in [0.3, 0.4) is 0 Å². The Labute approximate surface area is 112 Å². The largest absolute Gasteiger partial charge is 0.494 e. The van der Waals surface area contributed by atoms with Crippen LogP contribution in [0.15, 0.2) is 18.2 Å². The average molecular weight is 261 g/mol. The van der Waals surface area contributed by atoms with Crippen LogP contribution in [0.5, 0.6) is 5.75 Å². The van der Waals surface area contributed by atoms with Crippen LogP contribution in [0.4, 0.5) is 5.95 Å². The van der Waals surface area contributed by atoms with Crippen molar-refractivity contribution in [1.82, 2.24) is 9.55 Å². The number of imidazole rings is 1. The fraction of sp³-hybridized carbons (Fsp3) is 0.500. The topological polar surface area (TPSA) is 62.3 Å². The SMILES string of the molecule is COc1cccc2c1nc(N)n2CCOCC1CC1. The zero-order valence-corrected chi connectivity index (χ0v) is 11.1. The van der Waals surface area contributed by atoms with Crippen LogP contribution in [0.2, 0.25) is 0 Å². The lowest BCUT2D eigenvalue weighted by atomic mass is 10.3. The summed E-state index contributed by atoms with van der Waals surface area (Å²) in [5.74, 6) is 2.05. The number of nitrogens with zero attached hydrogens (tertiary/aromatic N) is 2. The van der Waals surface area contributed by atoms with Gasteiger partial charge in [0.15, 0.2) is 0 Å². The van der Waals surface area contributed by atoms with Gasteiger partial charge in [-0.15, -0.1) is 0 Å². The number of anilines is 1. The number of hydrogen-bond acceptors (Lipinski definition) is 4. The summed E-state index contributed by atoms with van der Waals surface area (Å²) in [5.41, 5.74) is 7.77. The number of methoxy groups -OCH3 is 1. The molecule has 1 aliphatic rings. The molecule has 1 aromatic heterocycles. The predicted octanol–water partition coefficient (Wildman–Crippen LogP) is 2.05. The standard InChI is InChI=1S/C14H19N3O2/c1-18-12-4-2-3-11-13(12)16-14(15)17(11)7-8-19-9-10-5-6-10/h2-4,10H,5-9H2,1H3,(H2,15,16). The Balaban J connectivity index is 1.75. The molecule has 1 fully saturated rings. The average Bonchev–Trinajstić information content (AvgIpc) is 3.18. The minimum absolute atomic E-state index is 0.509. The van der Waals surface area contributed by atoms with Crippen molar-refractivity contribution >= 4 is 17.0 Å². The molecule has 19 heavy (non-hydrogen) atoms. The number of ether oxygens (including phenoxy) is 2. The van der Waals surface area contributed by atoms with E-state index in [1.807, 2.05) is 22.8 Å². The summed E-state index contributed by atoms with van der Waals surface area (Å²) in [5, 5.41) is 0. The van der Waals surface area contributed by atoms with E-state index in [4.69, 9.17) is 15.2 Å². The Hall–Kier alpha value is -1.75. The lowest BCUT2D eigenvalue weighted by Crippen LogP contribution is -2.10. The first-order valence-electron chi connectivity index (χ1n) is 6.66. The highest BCUT2D eigenvalue weighted by molar-refractivity contribution is 5.84. The molecule has 2 N–H and O–H groups in total. The second kappa shape index (κ2) is 5.09. The molecule has 1 aliphatic carbocycles. The van der Waals surface area contributed by atoms with Crippen LogP contribution in [-0.4, -0.2) is 29.9 Å². The van der Waals surface area contributed by atoms with Gasteiger partial charge in [-0.25, -0.2) is 4.98 Å². The third kappa shape index (κ3) is 2.51. The summed E-state index contributed by atoms with van der Waals surface area (Å²) in [6.45, 7) is 2.27. The minimum atomic E-state index is 0.509. The Kier molecular flexibility index (Phi) is 3.29. The van der Waals surface area contributed by atoms with Gasteiger partial charge in [-0.05, 0) is 30.9 Å². The molecule has 0 unspecified atom stereocenters. The first kappa shape index (κ1) is 12.3. The van der Waals surface area contributed by atoms with Crippen molar-refractivity contribution in [2.75, 3.05) is 26.1 Å². The Morgan fingerprint density at radius 2 is 2.26 bits per heavy atom. The van der Waals surface area contributed by atoms with Crippen LogP contribution in [0, 0.1) is 5.92 Å². The fourth-order valence-electron chi connectivity index (χ4n) is 2.23. The molecule has 3 rings (SSSR count). The molecule has 2 aromatic rings. The second-order valence-corrected chi connectivity index (χ2v) is 4.97. The molecule has 0 saturated heterocycles. The molecule has 0 atom stereocenters. The maximum atomic E-state index is 5.97. The van der Waals surface area contributed by atoms with Crippen molar-refractivity contribution in [3.05, 3.63) is 18.2 Å². The molecule has 0 bridgehead atoms. The number of aromatic nitrogens is 2. The zero-order chi connectivity index (χ0) is 13.2. The van der Waals surface area contributed by atoms with Gasteiger partial charge in [0.05, 0.1) is 19.2 Å². The zero-order valence-electron chi connectivity index (χ0n) is 11.1. The number of para-hydroxylation sites is 1. The number of rotatable bonds is 6. The number of benzene rings is 1. The van der Waals surface area contributed by atoms with Gasteiger partial charge in [-0.3, -0.25) is 0 Å². The Morgan fingerprint density at radius 1 is 1.42 bits per heavy atom. The molecule has 0 radical (unpaired) electrons. The van der Waals surface area contributed by atoms with E-state index in [1.54, 1.807) is 7.11 Å². The minimum Gasteiger partial charge on any atom is -0.494 e. The monoisotopic (exact) mass is 261 g/mol. The fourth-order valence-corrected chi connectivity index (χ4v) is 2.23. The lowest BCUT2D eigenvalue weighted by molar-refractivity contribution is 0.118. The van der Waals surface area contributed by atoms with Crippen molar-refractivity contribution in [2.24, 2.45) is 5.92 Å². The molecule has 1 saturated carbocycles. The smallest absolute Gasteiger partial charge is 0.201 e. The lowest BCUT2D eigenvalue weighted by Gasteiger charge is -2.07. The van der Waals surface area contributed by atoms with Crippen molar-refractivity contribution in [1.29, 1.82) is 0 Å². The molecule has 1 heterocycles.